The SMILES string of the molecule is O=C(O)C(F)(F)F.O=CN1CCOc2cc(C(=O)NO)ccc2C1. The summed E-state index contributed by atoms with van der Waals surface area (Å²) in [7, 11) is 0. The maximum Gasteiger partial charge on any atom is 0.490 e. The Hall–Kier alpha value is -2.82. The molecule has 0 fully saturated rings. The van der Waals surface area contributed by atoms with E-state index >= 15 is 0 Å². The first-order valence-electron chi connectivity index (χ1n) is 6.38. The molecule has 2 rings (SSSR count). The highest BCUT2D eigenvalue weighted by Gasteiger charge is 2.38. The number of carboxylic acid groups (broad SMARTS) is 1. The second kappa shape index (κ2) is 8.15. The highest BCUT2D eigenvalue weighted by atomic mass is 19.4. The van der Waals surface area contributed by atoms with Crippen LogP contribution >= 0.6 is 0 Å². The second-order valence-electron chi connectivity index (χ2n) is 4.49. The molecule has 0 aliphatic carbocycles. The summed E-state index contributed by atoms with van der Waals surface area (Å²) in [5.74, 6) is -2.78. The third-order valence-electron chi connectivity index (χ3n) is 2.83. The Kier molecular flexibility index (Phi) is 6.53. The van der Waals surface area contributed by atoms with Crippen LogP contribution in [0.1, 0.15) is 15.9 Å². The van der Waals surface area contributed by atoms with E-state index in [9.17, 15) is 22.8 Å². The fourth-order valence-electron chi connectivity index (χ4n) is 1.69. The Bertz CT molecular complexity index is 620. The summed E-state index contributed by atoms with van der Waals surface area (Å²) < 4.78 is 37.2. The fraction of sp³-hybridized carbons (Fsp3) is 0.308. The van der Waals surface area contributed by atoms with Crippen LogP contribution in [0, 0.1) is 0 Å². The number of alkyl halides is 3. The molecule has 0 radical (unpaired) electrons. The van der Waals surface area contributed by atoms with E-state index in [4.69, 9.17) is 19.8 Å². The van der Waals surface area contributed by atoms with Crippen molar-refractivity contribution in [2.45, 2.75) is 12.7 Å². The van der Waals surface area contributed by atoms with E-state index in [0.717, 1.165) is 12.0 Å². The number of nitrogens with one attached hydrogen (secondary N) is 1. The third-order valence-corrected chi connectivity index (χ3v) is 2.83. The molecule has 1 aliphatic rings. The number of hydroxylamine groups is 1. The molecule has 8 nitrogen and oxygen atoms in total. The average Bonchev–Trinajstić information content (AvgIpc) is 2.74. The lowest BCUT2D eigenvalue weighted by Gasteiger charge is -2.12. The fourth-order valence-corrected chi connectivity index (χ4v) is 1.69. The maximum absolute atomic E-state index is 11.2. The first-order chi connectivity index (χ1) is 11.2. The predicted octanol–water partition coefficient (Wildman–Crippen LogP) is 0.790. The van der Waals surface area contributed by atoms with Gasteiger partial charge < -0.3 is 14.7 Å². The quantitative estimate of drug-likeness (QED) is 0.413. The smallest absolute Gasteiger partial charge is 0.490 e. The van der Waals surface area contributed by atoms with Crippen LogP contribution in [-0.2, 0) is 16.1 Å². The van der Waals surface area contributed by atoms with Gasteiger partial charge in [-0.05, 0) is 12.1 Å². The van der Waals surface area contributed by atoms with Gasteiger partial charge in [-0.15, -0.1) is 0 Å². The Labute approximate surface area is 133 Å². The van der Waals surface area contributed by atoms with Gasteiger partial charge in [-0.3, -0.25) is 14.8 Å². The van der Waals surface area contributed by atoms with Crippen molar-refractivity contribution in [1.29, 1.82) is 0 Å². The van der Waals surface area contributed by atoms with E-state index < -0.39 is 18.1 Å². The van der Waals surface area contributed by atoms with Gasteiger partial charge in [0.1, 0.15) is 12.4 Å². The number of halogens is 3. The van der Waals surface area contributed by atoms with E-state index in [1.807, 2.05) is 0 Å². The summed E-state index contributed by atoms with van der Waals surface area (Å²) in [6, 6.07) is 4.83. The lowest BCUT2D eigenvalue weighted by Crippen LogP contribution is -2.23. The number of amides is 2. The van der Waals surface area contributed by atoms with Crippen LogP contribution < -0.4 is 10.2 Å². The lowest BCUT2D eigenvalue weighted by molar-refractivity contribution is -0.192. The molecule has 2 amide bonds. The molecule has 0 atom stereocenters. The number of benzene rings is 1. The number of ether oxygens (including phenoxy) is 1. The van der Waals surface area contributed by atoms with Crippen molar-refractivity contribution in [3.05, 3.63) is 29.3 Å². The maximum atomic E-state index is 11.2. The summed E-state index contributed by atoms with van der Waals surface area (Å²) >= 11 is 0. The zero-order chi connectivity index (χ0) is 18.3. The molecule has 0 bridgehead atoms. The van der Waals surface area contributed by atoms with Gasteiger partial charge in [0.2, 0.25) is 6.41 Å². The monoisotopic (exact) mass is 350 g/mol. The molecule has 1 aromatic rings. The number of aliphatic carboxylic acids is 1. The van der Waals surface area contributed by atoms with Crippen molar-refractivity contribution in [2.75, 3.05) is 13.2 Å². The third kappa shape index (κ3) is 5.43. The van der Waals surface area contributed by atoms with Crippen LogP contribution in [0.2, 0.25) is 0 Å². The molecule has 3 N–H and O–H groups in total. The molecule has 0 saturated heterocycles. The minimum Gasteiger partial charge on any atom is -0.491 e. The minimum atomic E-state index is -5.08. The van der Waals surface area contributed by atoms with Gasteiger partial charge in [0, 0.05) is 17.7 Å². The largest absolute Gasteiger partial charge is 0.491 e. The summed E-state index contributed by atoms with van der Waals surface area (Å²) in [5.41, 5.74) is 2.71. The highest BCUT2D eigenvalue weighted by Crippen LogP contribution is 2.24. The molecular formula is C13H13F3N2O6. The number of nitrogens with zero attached hydrogens (tertiary/aromatic N) is 1. The number of carboxylic acids is 1. The van der Waals surface area contributed by atoms with Gasteiger partial charge in [-0.2, -0.15) is 13.2 Å². The molecule has 0 aromatic heterocycles. The van der Waals surface area contributed by atoms with Crippen molar-refractivity contribution in [3.63, 3.8) is 0 Å². The predicted molar refractivity (Wildman–Crippen MR) is 71.4 cm³/mol. The molecule has 1 aromatic carbocycles. The molecular weight excluding hydrogens is 337 g/mol. The van der Waals surface area contributed by atoms with Crippen LogP contribution in [0.15, 0.2) is 18.2 Å². The normalized spacial score (nSPS) is 13.4. The van der Waals surface area contributed by atoms with Crippen molar-refractivity contribution in [3.8, 4) is 5.75 Å². The Morgan fingerprint density at radius 2 is 1.96 bits per heavy atom. The minimum absolute atomic E-state index is 0.311. The van der Waals surface area contributed by atoms with Crippen molar-refractivity contribution >= 4 is 18.3 Å². The molecule has 132 valence electrons. The van der Waals surface area contributed by atoms with Crippen molar-refractivity contribution in [1.82, 2.24) is 10.4 Å². The summed E-state index contributed by atoms with van der Waals surface area (Å²) in [5, 5.41) is 15.7. The molecule has 1 aliphatic heterocycles. The molecule has 11 heteroatoms. The van der Waals surface area contributed by atoms with Gasteiger partial charge in [0.25, 0.3) is 5.91 Å². The standard InChI is InChI=1S/C11H12N2O4.C2HF3O2/c14-7-13-3-4-17-10-5-8(11(15)12-16)1-2-9(10)6-13;3-2(4,5)1(6)7/h1-2,5,7,16H,3-4,6H2,(H,12,15);(H,6,7). The second-order valence-corrected chi connectivity index (χ2v) is 4.49. The Morgan fingerprint density at radius 3 is 2.46 bits per heavy atom. The van der Waals surface area contributed by atoms with Crippen molar-refractivity contribution < 1.29 is 42.6 Å². The number of carbonyl (C=O) groups is 3. The zero-order valence-corrected chi connectivity index (χ0v) is 12.0. The average molecular weight is 350 g/mol. The number of rotatable bonds is 2. The van der Waals surface area contributed by atoms with Gasteiger partial charge in [-0.25, -0.2) is 10.3 Å². The number of hydrogen-bond acceptors (Lipinski definition) is 5. The Morgan fingerprint density at radius 1 is 1.33 bits per heavy atom. The first kappa shape index (κ1) is 19.2. The topological polar surface area (TPSA) is 116 Å². The van der Waals surface area contributed by atoms with Gasteiger partial charge in [0.15, 0.2) is 0 Å². The van der Waals surface area contributed by atoms with E-state index in [0.29, 0.717) is 31.0 Å². The number of fused-ring (bicyclic) bond motifs is 1. The molecule has 24 heavy (non-hydrogen) atoms. The van der Waals surface area contributed by atoms with Gasteiger partial charge in [0.05, 0.1) is 6.54 Å². The van der Waals surface area contributed by atoms with E-state index in [2.05, 4.69) is 0 Å². The van der Waals surface area contributed by atoms with Gasteiger partial charge >= 0.3 is 12.1 Å². The molecule has 0 spiro atoms. The van der Waals surface area contributed by atoms with E-state index in [1.165, 1.54) is 0 Å². The van der Waals surface area contributed by atoms with Crippen LogP contribution in [0.25, 0.3) is 0 Å². The molecule has 0 unspecified atom stereocenters. The van der Waals surface area contributed by atoms with E-state index in [-0.39, 0.29) is 0 Å². The molecule has 0 saturated carbocycles. The van der Waals surface area contributed by atoms with E-state index in [1.54, 1.807) is 28.6 Å². The van der Waals surface area contributed by atoms with Crippen LogP contribution in [0.3, 0.4) is 0 Å². The van der Waals surface area contributed by atoms with Crippen LogP contribution in [0.4, 0.5) is 13.2 Å². The lowest BCUT2D eigenvalue weighted by atomic mass is 10.1. The zero-order valence-electron chi connectivity index (χ0n) is 12.0. The van der Waals surface area contributed by atoms with Gasteiger partial charge in [-0.1, -0.05) is 6.07 Å². The summed E-state index contributed by atoms with van der Waals surface area (Å²) in [4.78, 5) is 32.4. The summed E-state index contributed by atoms with van der Waals surface area (Å²) in [6.07, 6.45) is -4.31. The highest BCUT2D eigenvalue weighted by molar-refractivity contribution is 5.93. The number of carbonyl (C=O) groups excluding carboxylic acids is 2. The molecule has 1 heterocycles. The summed E-state index contributed by atoms with van der Waals surface area (Å²) in [6.45, 7) is 1.36. The Balaban J connectivity index is 0.000000351. The number of hydrogen-bond donors (Lipinski definition) is 3. The van der Waals surface area contributed by atoms with Crippen LogP contribution in [0.5, 0.6) is 5.75 Å². The first-order valence-corrected chi connectivity index (χ1v) is 6.38. The van der Waals surface area contributed by atoms with Crippen LogP contribution in [-0.4, -0.2) is 52.8 Å². The van der Waals surface area contributed by atoms with Crippen molar-refractivity contribution in [2.24, 2.45) is 0 Å².